The van der Waals surface area contributed by atoms with Gasteiger partial charge in [-0.1, -0.05) is 18.2 Å². The van der Waals surface area contributed by atoms with Crippen molar-refractivity contribution < 1.29 is 29.4 Å². The molecule has 11 nitrogen and oxygen atoms in total. The number of carboxylic acid groups (broad SMARTS) is 1. The minimum Gasteiger partial charge on any atom is -0.480 e. The van der Waals surface area contributed by atoms with Gasteiger partial charge >= 0.3 is 5.97 Å². The van der Waals surface area contributed by atoms with Crippen LogP contribution < -0.4 is 21.7 Å². The lowest BCUT2D eigenvalue weighted by Gasteiger charge is -2.25. The second-order valence-electron chi connectivity index (χ2n) is 7.18. The van der Waals surface area contributed by atoms with Gasteiger partial charge in [-0.2, -0.15) is 0 Å². The molecular formula is C20H27N5O6. The van der Waals surface area contributed by atoms with Crippen molar-refractivity contribution in [3.63, 3.8) is 0 Å². The Kier molecular flexibility index (Phi) is 8.11. The Morgan fingerprint density at radius 2 is 1.74 bits per heavy atom. The van der Waals surface area contributed by atoms with Gasteiger partial charge in [0.1, 0.15) is 18.1 Å². The number of aromatic nitrogens is 1. The number of aromatic amines is 1. The number of aliphatic hydroxyl groups excluding tert-OH is 1. The van der Waals surface area contributed by atoms with Crippen LogP contribution in [0.25, 0.3) is 10.9 Å². The second kappa shape index (κ2) is 10.5. The summed E-state index contributed by atoms with van der Waals surface area (Å²) in [6.07, 6.45) is 0.482. The molecule has 0 spiro atoms. The van der Waals surface area contributed by atoms with E-state index in [0.29, 0.717) is 0 Å². The molecule has 8 N–H and O–H groups in total. The predicted octanol–water partition coefficient (Wildman–Crippen LogP) is -1.39. The van der Waals surface area contributed by atoms with Crippen molar-refractivity contribution >= 4 is 34.6 Å². The van der Waals surface area contributed by atoms with Crippen LogP contribution in [0, 0.1) is 0 Å². The number of fused-ring (bicyclic) bond motifs is 1. The monoisotopic (exact) mass is 433 g/mol. The van der Waals surface area contributed by atoms with E-state index in [0.717, 1.165) is 16.5 Å². The van der Waals surface area contributed by atoms with E-state index in [1.54, 1.807) is 6.20 Å². The highest BCUT2D eigenvalue weighted by Gasteiger charge is 2.31. The third-order valence-corrected chi connectivity index (χ3v) is 4.73. The number of hydrogen-bond acceptors (Lipinski definition) is 6. The Morgan fingerprint density at radius 1 is 1.06 bits per heavy atom. The van der Waals surface area contributed by atoms with E-state index in [1.807, 2.05) is 24.3 Å². The number of carbonyl (C=O) groups excluding carboxylic acids is 3. The number of H-pyrrole nitrogens is 1. The molecule has 168 valence electrons. The van der Waals surface area contributed by atoms with Crippen molar-refractivity contribution in [2.75, 3.05) is 6.54 Å². The quantitative estimate of drug-likeness (QED) is 0.240. The number of hydrogen-bond donors (Lipinski definition) is 7. The van der Waals surface area contributed by atoms with Crippen LogP contribution in [0.15, 0.2) is 30.5 Å². The number of aliphatic carboxylic acids is 1. The summed E-state index contributed by atoms with van der Waals surface area (Å²) in [5.74, 6) is -3.41. The molecule has 0 radical (unpaired) electrons. The van der Waals surface area contributed by atoms with Gasteiger partial charge in [-0.05, 0) is 25.5 Å². The van der Waals surface area contributed by atoms with E-state index >= 15 is 0 Å². The Hall–Kier alpha value is -3.44. The fourth-order valence-corrected chi connectivity index (χ4v) is 3.00. The molecule has 4 unspecified atom stereocenters. The van der Waals surface area contributed by atoms with Gasteiger partial charge in [0.25, 0.3) is 0 Å². The Balaban J connectivity index is 2.27. The molecular weight excluding hydrogens is 406 g/mol. The summed E-state index contributed by atoms with van der Waals surface area (Å²) < 4.78 is 0. The van der Waals surface area contributed by atoms with Crippen molar-refractivity contribution in [3.8, 4) is 0 Å². The van der Waals surface area contributed by atoms with E-state index in [9.17, 15) is 24.3 Å². The van der Waals surface area contributed by atoms with Crippen LogP contribution in [-0.4, -0.2) is 69.7 Å². The van der Waals surface area contributed by atoms with Crippen molar-refractivity contribution in [2.24, 2.45) is 5.73 Å². The van der Waals surface area contributed by atoms with Gasteiger partial charge in [0.15, 0.2) is 0 Å². The summed E-state index contributed by atoms with van der Waals surface area (Å²) in [7, 11) is 0. The molecule has 0 aliphatic carbocycles. The zero-order valence-electron chi connectivity index (χ0n) is 17.2. The molecule has 0 bridgehead atoms. The molecule has 2 aromatic rings. The largest absolute Gasteiger partial charge is 0.480 e. The van der Waals surface area contributed by atoms with Crippen LogP contribution in [-0.2, 0) is 25.6 Å². The lowest BCUT2D eigenvalue weighted by molar-refractivity contribution is -0.141. The van der Waals surface area contributed by atoms with Crippen molar-refractivity contribution in [1.82, 2.24) is 20.9 Å². The first-order chi connectivity index (χ1) is 14.6. The number of amides is 3. The number of nitrogens with one attached hydrogen (secondary N) is 4. The third kappa shape index (κ3) is 6.27. The molecule has 1 aromatic heterocycles. The van der Waals surface area contributed by atoms with Gasteiger partial charge in [0.2, 0.25) is 17.7 Å². The molecule has 31 heavy (non-hydrogen) atoms. The number of carboxylic acids is 1. The first-order valence-electron chi connectivity index (χ1n) is 9.70. The standard InChI is InChI=1S/C20H27N5O6/c1-10(20(30)31)23-18(28)15(7-12-9-22-14-6-4-3-5-13(12)14)24-19(29)17(11(2)26)25-16(27)8-21/h3-6,9-11,15,17,22,26H,7-8,21H2,1-2H3,(H,23,28)(H,24,29)(H,25,27)(H,30,31). The molecule has 0 saturated carbocycles. The van der Waals surface area contributed by atoms with Gasteiger partial charge in [0.05, 0.1) is 12.6 Å². The van der Waals surface area contributed by atoms with E-state index in [1.165, 1.54) is 13.8 Å². The number of nitrogens with two attached hydrogens (primary N) is 1. The highest BCUT2D eigenvalue weighted by Crippen LogP contribution is 2.19. The molecule has 2 rings (SSSR count). The molecule has 11 heteroatoms. The van der Waals surface area contributed by atoms with E-state index in [4.69, 9.17) is 10.8 Å². The summed E-state index contributed by atoms with van der Waals surface area (Å²) >= 11 is 0. The smallest absolute Gasteiger partial charge is 0.325 e. The van der Waals surface area contributed by atoms with Crippen LogP contribution in [0.5, 0.6) is 0 Å². The van der Waals surface area contributed by atoms with Crippen LogP contribution in [0.4, 0.5) is 0 Å². The molecule has 0 fully saturated rings. The SMILES string of the molecule is CC(NC(=O)C(Cc1c[nH]c2ccccc12)NC(=O)C(NC(=O)CN)C(C)O)C(=O)O. The Morgan fingerprint density at radius 3 is 2.35 bits per heavy atom. The van der Waals surface area contributed by atoms with Crippen molar-refractivity contribution in [1.29, 1.82) is 0 Å². The molecule has 3 amide bonds. The third-order valence-electron chi connectivity index (χ3n) is 4.73. The fourth-order valence-electron chi connectivity index (χ4n) is 3.00. The molecule has 1 aromatic carbocycles. The van der Waals surface area contributed by atoms with Crippen LogP contribution in [0.3, 0.4) is 0 Å². The maximum atomic E-state index is 12.8. The molecule has 0 aliphatic rings. The van der Waals surface area contributed by atoms with Gasteiger partial charge in [-0.15, -0.1) is 0 Å². The highest BCUT2D eigenvalue weighted by atomic mass is 16.4. The minimum absolute atomic E-state index is 0.0469. The summed E-state index contributed by atoms with van der Waals surface area (Å²) in [6.45, 7) is 2.22. The van der Waals surface area contributed by atoms with Crippen molar-refractivity contribution in [3.05, 3.63) is 36.0 Å². The van der Waals surface area contributed by atoms with Gasteiger partial charge in [-0.25, -0.2) is 0 Å². The topological polar surface area (TPSA) is 187 Å². The van der Waals surface area contributed by atoms with Crippen LogP contribution >= 0.6 is 0 Å². The van der Waals surface area contributed by atoms with Gasteiger partial charge in [-0.3, -0.25) is 19.2 Å². The summed E-state index contributed by atoms with van der Waals surface area (Å²) in [4.78, 5) is 51.3. The fraction of sp³-hybridized carbons (Fsp3) is 0.400. The summed E-state index contributed by atoms with van der Waals surface area (Å²) in [5.41, 5.74) is 6.80. The number of benzene rings is 1. The molecule has 0 saturated heterocycles. The average Bonchev–Trinajstić information content (AvgIpc) is 3.13. The van der Waals surface area contributed by atoms with E-state index in [2.05, 4.69) is 20.9 Å². The van der Waals surface area contributed by atoms with Gasteiger partial charge in [0, 0.05) is 23.5 Å². The Labute approximate surface area is 178 Å². The Bertz CT molecular complexity index is 956. The molecule has 4 atom stereocenters. The van der Waals surface area contributed by atoms with Crippen LogP contribution in [0.2, 0.25) is 0 Å². The zero-order chi connectivity index (χ0) is 23.1. The number of para-hydroxylation sites is 1. The number of aliphatic hydroxyl groups is 1. The normalized spacial score (nSPS) is 14.8. The lowest BCUT2D eigenvalue weighted by Crippen LogP contribution is -2.59. The second-order valence-corrected chi connectivity index (χ2v) is 7.18. The van der Waals surface area contributed by atoms with E-state index in [-0.39, 0.29) is 13.0 Å². The van der Waals surface area contributed by atoms with Crippen LogP contribution in [0.1, 0.15) is 19.4 Å². The number of carbonyl (C=O) groups is 4. The highest BCUT2D eigenvalue weighted by molar-refractivity contribution is 5.94. The predicted molar refractivity (Wildman–Crippen MR) is 112 cm³/mol. The molecule has 0 aliphatic heterocycles. The first kappa shape index (κ1) is 23.8. The average molecular weight is 433 g/mol. The maximum absolute atomic E-state index is 12.8. The maximum Gasteiger partial charge on any atom is 0.325 e. The zero-order valence-corrected chi connectivity index (χ0v) is 17.2. The van der Waals surface area contributed by atoms with Gasteiger partial charge < -0.3 is 36.9 Å². The van der Waals surface area contributed by atoms with Crippen molar-refractivity contribution in [2.45, 2.75) is 44.5 Å². The molecule has 1 heterocycles. The summed E-state index contributed by atoms with van der Waals surface area (Å²) in [5, 5.41) is 26.9. The summed E-state index contributed by atoms with van der Waals surface area (Å²) in [6, 6.07) is 3.68. The van der Waals surface area contributed by atoms with E-state index < -0.39 is 47.9 Å². The minimum atomic E-state index is -1.34. The lowest BCUT2D eigenvalue weighted by atomic mass is 10.0. The number of rotatable bonds is 10. The first-order valence-corrected chi connectivity index (χ1v) is 9.70.